The number of carbonyl (C=O) groups excluding carboxylic acids is 1. The van der Waals surface area contributed by atoms with Crippen LogP contribution in [0.3, 0.4) is 0 Å². The summed E-state index contributed by atoms with van der Waals surface area (Å²) in [5.74, 6) is -0.357. The minimum atomic E-state index is -0.357. The maximum Gasteiger partial charge on any atom is 0.263 e. The van der Waals surface area contributed by atoms with Crippen LogP contribution in [0.2, 0.25) is 0 Å². The van der Waals surface area contributed by atoms with Crippen molar-refractivity contribution in [2.45, 2.75) is 13.0 Å². The monoisotopic (exact) mass is 305 g/mol. The van der Waals surface area contributed by atoms with Crippen LogP contribution in [0.15, 0.2) is 72.4 Å². The highest BCUT2D eigenvalue weighted by molar-refractivity contribution is 5.97. The van der Waals surface area contributed by atoms with Crippen molar-refractivity contribution in [3.8, 4) is 6.07 Å². The number of nitrogens with one attached hydrogen (secondary N) is 2. The molecule has 0 unspecified atom stereocenters. The molecule has 1 amide bonds. The lowest BCUT2D eigenvalue weighted by molar-refractivity contribution is -0.117. The van der Waals surface area contributed by atoms with E-state index < -0.39 is 0 Å². The van der Waals surface area contributed by atoms with E-state index in [1.165, 1.54) is 6.20 Å². The van der Waals surface area contributed by atoms with Crippen LogP contribution in [0.4, 0.5) is 0 Å². The second kappa shape index (κ2) is 9.06. The van der Waals surface area contributed by atoms with E-state index in [2.05, 4.69) is 10.6 Å². The molecule has 0 radical (unpaired) electrons. The van der Waals surface area contributed by atoms with Gasteiger partial charge in [-0.15, -0.1) is 0 Å². The highest BCUT2D eigenvalue weighted by Crippen LogP contribution is 2.00. The van der Waals surface area contributed by atoms with Crippen LogP contribution >= 0.6 is 0 Å². The normalized spacial score (nSPS) is 10.7. The lowest BCUT2D eigenvalue weighted by atomic mass is 10.1. The van der Waals surface area contributed by atoms with Crippen molar-refractivity contribution in [1.29, 1.82) is 5.26 Å². The molecule has 0 aliphatic carbocycles. The van der Waals surface area contributed by atoms with Gasteiger partial charge in [-0.2, -0.15) is 5.26 Å². The second-order valence-corrected chi connectivity index (χ2v) is 5.03. The van der Waals surface area contributed by atoms with E-state index in [0.717, 1.165) is 17.5 Å². The third-order valence-electron chi connectivity index (χ3n) is 3.30. The zero-order valence-corrected chi connectivity index (χ0v) is 12.8. The molecule has 2 aromatic carbocycles. The van der Waals surface area contributed by atoms with Crippen LogP contribution in [0.5, 0.6) is 0 Å². The Kier molecular flexibility index (Phi) is 6.43. The van der Waals surface area contributed by atoms with Gasteiger partial charge in [0.05, 0.1) is 0 Å². The largest absolute Gasteiger partial charge is 0.386 e. The van der Waals surface area contributed by atoms with Gasteiger partial charge in [0.15, 0.2) is 0 Å². The molecule has 2 N–H and O–H groups in total. The van der Waals surface area contributed by atoms with Crippen molar-refractivity contribution in [2.75, 3.05) is 6.54 Å². The lowest BCUT2D eigenvalue weighted by Gasteiger charge is -2.05. The topological polar surface area (TPSA) is 64.9 Å². The number of hydrogen-bond acceptors (Lipinski definition) is 3. The molecule has 4 heteroatoms. The fraction of sp³-hybridized carbons (Fsp3) is 0.158. The van der Waals surface area contributed by atoms with Crippen LogP contribution in [0.25, 0.3) is 0 Å². The Labute approximate surface area is 136 Å². The molecule has 0 aliphatic rings. The summed E-state index contributed by atoms with van der Waals surface area (Å²) >= 11 is 0. The first-order valence-electron chi connectivity index (χ1n) is 7.49. The van der Waals surface area contributed by atoms with E-state index in [-0.39, 0.29) is 11.5 Å². The van der Waals surface area contributed by atoms with Crippen molar-refractivity contribution < 1.29 is 4.79 Å². The summed E-state index contributed by atoms with van der Waals surface area (Å²) in [5, 5.41) is 14.8. The molecule has 23 heavy (non-hydrogen) atoms. The highest BCUT2D eigenvalue weighted by atomic mass is 16.1. The van der Waals surface area contributed by atoms with E-state index in [1.807, 2.05) is 66.7 Å². The van der Waals surface area contributed by atoms with Crippen LogP contribution in [0, 0.1) is 11.3 Å². The summed E-state index contributed by atoms with van der Waals surface area (Å²) in [6, 6.07) is 21.6. The first-order valence-corrected chi connectivity index (χ1v) is 7.49. The van der Waals surface area contributed by atoms with Gasteiger partial charge in [0, 0.05) is 19.3 Å². The van der Waals surface area contributed by atoms with E-state index >= 15 is 0 Å². The maximum atomic E-state index is 12.0. The first-order chi connectivity index (χ1) is 11.3. The number of nitriles is 1. The molecule has 0 bridgehead atoms. The Bertz CT molecular complexity index is 688. The summed E-state index contributed by atoms with van der Waals surface area (Å²) in [5.41, 5.74) is 2.32. The van der Waals surface area contributed by atoms with Crippen molar-refractivity contribution in [3.05, 3.63) is 83.6 Å². The molecule has 0 aliphatic heterocycles. The molecular formula is C19H19N3O. The van der Waals surface area contributed by atoms with Gasteiger partial charge in [-0.05, 0) is 17.5 Å². The SMILES string of the molecule is N#C/C(=C/NCc1ccccc1)C(=O)NCCc1ccccc1. The molecular weight excluding hydrogens is 286 g/mol. The van der Waals surface area contributed by atoms with Crippen molar-refractivity contribution in [1.82, 2.24) is 10.6 Å². The Balaban J connectivity index is 1.79. The number of benzene rings is 2. The first kappa shape index (κ1) is 16.3. The van der Waals surface area contributed by atoms with E-state index in [4.69, 9.17) is 5.26 Å². The molecule has 0 heterocycles. The summed E-state index contributed by atoms with van der Waals surface area (Å²) in [7, 11) is 0. The Hall–Kier alpha value is -3.06. The Morgan fingerprint density at radius 1 is 1.00 bits per heavy atom. The van der Waals surface area contributed by atoms with Crippen LogP contribution in [-0.2, 0) is 17.8 Å². The second-order valence-electron chi connectivity index (χ2n) is 5.03. The number of carbonyl (C=O) groups is 1. The van der Waals surface area contributed by atoms with Gasteiger partial charge in [-0.1, -0.05) is 60.7 Å². The predicted molar refractivity (Wildman–Crippen MR) is 90.1 cm³/mol. The van der Waals surface area contributed by atoms with Gasteiger partial charge in [0.1, 0.15) is 11.6 Å². The van der Waals surface area contributed by atoms with E-state index in [9.17, 15) is 4.79 Å². The lowest BCUT2D eigenvalue weighted by Crippen LogP contribution is -2.27. The average molecular weight is 305 g/mol. The van der Waals surface area contributed by atoms with Crippen molar-refractivity contribution in [2.24, 2.45) is 0 Å². The van der Waals surface area contributed by atoms with E-state index in [0.29, 0.717) is 13.1 Å². The number of hydrogen-bond donors (Lipinski definition) is 2. The van der Waals surface area contributed by atoms with Gasteiger partial charge in [0.25, 0.3) is 5.91 Å². The third-order valence-corrected chi connectivity index (χ3v) is 3.30. The predicted octanol–water partition coefficient (Wildman–Crippen LogP) is 2.54. The van der Waals surface area contributed by atoms with Gasteiger partial charge >= 0.3 is 0 Å². The fourth-order valence-electron chi connectivity index (χ4n) is 2.08. The molecule has 2 rings (SSSR count). The van der Waals surface area contributed by atoms with Gasteiger partial charge in [0.2, 0.25) is 0 Å². The summed E-state index contributed by atoms with van der Waals surface area (Å²) in [6.45, 7) is 1.07. The molecule has 0 saturated carbocycles. The summed E-state index contributed by atoms with van der Waals surface area (Å²) in [4.78, 5) is 12.0. The average Bonchev–Trinajstić information content (AvgIpc) is 2.60. The van der Waals surface area contributed by atoms with Crippen molar-refractivity contribution >= 4 is 5.91 Å². The zero-order chi connectivity index (χ0) is 16.3. The number of nitrogens with zero attached hydrogens (tertiary/aromatic N) is 1. The molecule has 4 nitrogen and oxygen atoms in total. The van der Waals surface area contributed by atoms with Gasteiger partial charge < -0.3 is 10.6 Å². The number of rotatable bonds is 7. The van der Waals surface area contributed by atoms with E-state index in [1.54, 1.807) is 0 Å². The molecule has 0 saturated heterocycles. The maximum absolute atomic E-state index is 12.0. The molecule has 0 aromatic heterocycles. The number of amides is 1. The minimum Gasteiger partial charge on any atom is -0.386 e. The molecule has 2 aromatic rings. The molecule has 0 atom stereocenters. The van der Waals surface area contributed by atoms with Crippen LogP contribution in [-0.4, -0.2) is 12.5 Å². The quantitative estimate of drug-likeness (QED) is 0.610. The standard InChI is InChI=1S/C19H19N3O/c20-13-18(15-21-14-17-9-5-2-6-10-17)19(23)22-12-11-16-7-3-1-4-8-16/h1-10,15,21H,11-12,14H2,(H,22,23)/b18-15-. The van der Waals surface area contributed by atoms with Crippen LogP contribution < -0.4 is 10.6 Å². The van der Waals surface area contributed by atoms with Crippen molar-refractivity contribution in [3.63, 3.8) is 0 Å². The molecule has 0 fully saturated rings. The molecule has 116 valence electrons. The smallest absolute Gasteiger partial charge is 0.263 e. The van der Waals surface area contributed by atoms with Gasteiger partial charge in [-0.25, -0.2) is 0 Å². The fourth-order valence-corrected chi connectivity index (χ4v) is 2.08. The summed E-state index contributed by atoms with van der Waals surface area (Å²) in [6.07, 6.45) is 2.20. The minimum absolute atomic E-state index is 0.0778. The summed E-state index contributed by atoms with van der Waals surface area (Å²) < 4.78 is 0. The molecule has 0 spiro atoms. The zero-order valence-electron chi connectivity index (χ0n) is 12.8. The Morgan fingerprint density at radius 3 is 2.22 bits per heavy atom. The van der Waals surface area contributed by atoms with Crippen LogP contribution in [0.1, 0.15) is 11.1 Å². The Morgan fingerprint density at radius 2 is 1.61 bits per heavy atom. The highest BCUT2D eigenvalue weighted by Gasteiger charge is 2.07. The van der Waals surface area contributed by atoms with Gasteiger partial charge in [-0.3, -0.25) is 4.79 Å². The third kappa shape index (κ3) is 5.68.